The van der Waals surface area contributed by atoms with Crippen LogP contribution in [0.2, 0.25) is 0 Å². The van der Waals surface area contributed by atoms with Crippen molar-refractivity contribution >= 4 is 5.69 Å². The second-order valence-electron chi connectivity index (χ2n) is 4.56. The molecular formula is C15H26N2O. The molecule has 102 valence electrons. The average molecular weight is 250 g/mol. The summed E-state index contributed by atoms with van der Waals surface area (Å²) in [4.78, 5) is 2.23. The van der Waals surface area contributed by atoms with E-state index in [1.54, 1.807) is 7.11 Å². The predicted octanol–water partition coefficient (Wildman–Crippen LogP) is 2.91. The SMILES string of the molecule is CCC(CC)NCCN(C)c1ccccc1OC. The number of nitrogens with one attached hydrogen (secondary N) is 1. The zero-order valence-corrected chi connectivity index (χ0v) is 12.1. The van der Waals surface area contributed by atoms with Gasteiger partial charge in [-0.3, -0.25) is 0 Å². The number of benzene rings is 1. The maximum atomic E-state index is 5.37. The summed E-state index contributed by atoms with van der Waals surface area (Å²) in [6, 6.07) is 8.77. The van der Waals surface area contributed by atoms with Gasteiger partial charge in [-0.25, -0.2) is 0 Å². The lowest BCUT2D eigenvalue weighted by Gasteiger charge is -2.23. The maximum Gasteiger partial charge on any atom is 0.142 e. The minimum Gasteiger partial charge on any atom is -0.495 e. The topological polar surface area (TPSA) is 24.5 Å². The number of hydrogen-bond acceptors (Lipinski definition) is 3. The van der Waals surface area contributed by atoms with Gasteiger partial charge in [-0.2, -0.15) is 0 Å². The van der Waals surface area contributed by atoms with Crippen LogP contribution in [-0.2, 0) is 0 Å². The Bertz CT molecular complexity index is 337. The van der Waals surface area contributed by atoms with Crippen molar-refractivity contribution in [2.75, 3.05) is 32.1 Å². The summed E-state index contributed by atoms with van der Waals surface area (Å²) in [6.45, 7) is 6.44. The van der Waals surface area contributed by atoms with Crippen molar-refractivity contribution in [2.24, 2.45) is 0 Å². The molecule has 1 aromatic carbocycles. The molecule has 18 heavy (non-hydrogen) atoms. The highest BCUT2D eigenvalue weighted by atomic mass is 16.5. The molecule has 0 saturated heterocycles. The van der Waals surface area contributed by atoms with E-state index in [2.05, 4.69) is 37.2 Å². The minimum atomic E-state index is 0.635. The fourth-order valence-electron chi connectivity index (χ4n) is 2.08. The van der Waals surface area contributed by atoms with Crippen molar-refractivity contribution in [3.05, 3.63) is 24.3 Å². The van der Waals surface area contributed by atoms with Crippen LogP contribution in [0.5, 0.6) is 5.75 Å². The number of methoxy groups -OCH3 is 1. The summed E-state index contributed by atoms with van der Waals surface area (Å²) in [5.41, 5.74) is 1.14. The Kier molecular flexibility index (Phi) is 6.58. The van der Waals surface area contributed by atoms with E-state index in [-0.39, 0.29) is 0 Å². The molecule has 0 aromatic heterocycles. The lowest BCUT2D eigenvalue weighted by Crippen LogP contribution is -2.35. The van der Waals surface area contributed by atoms with Crippen LogP contribution in [0.4, 0.5) is 5.69 Å². The molecule has 0 saturated carbocycles. The monoisotopic (exact) mass is 250 g/mol. The molecule has 1 N–H and O–H groups in total. The molecule has 0 bridgehead atoms. The highest BCUT2D eigenvalue weighted by Crippen LogP contribution is 2.25. The molecule has 0 radical (unpaired) electrons. The largest absolute Gasteiger partial charge is 0.495 e. The Hall–Kier alpha value is -1.22. The Balaban J connectivity index is 2.47. The van der Waals surface area contributed by atoms with Gasteiger partial charge in [0.1, 0.15) is 5.75 Å². The third kappa shape index (κ3) is 4.22. The fourth-order valence-corrected chi connectivity index (χ4v) is 2.08. The molecule has 0 atom stereocenters. The van der Waals surface area contributed by atoms with Crippen molar-refractivity contribution in [3.8, 4) is 5.75 Å². The van der Waals surface area contributed by atoms with Crippen LogP contribution >= 0.6 is 0 Å². The molecule has 3 heteroatoms. The van der Waals surface area contributed by atoms with Crippen LogP contribution < -0.4 is 15.0 Å². The van der Waals surface area contributed by atoms with Crippen LogP contribution in [0, 0.1) is 0 Å². The van der Waals surface area contributed by atoms with E-state index in [0.29, 0.717) is 6.04 Å². The van der Waals surface area contributed by atoms with Gasteiger partial charge in [-0.1, -0.05) is 26.0 Å². The van der Waals surface area contributed by atoms with Crippen molar-refractivity contribution in [1.82, 2.24) is 5.32 Å². The molecule has 0 amide bonds. The quantitative estimate of drug-likeness (QED) is 0.768. The zero-order chi connectivity index (χ0) is 13.4. The van der Waals surface area contributed by atoms with E-state index in [4.69, 9.17) is 4.74 Å². The Morgan fingerprint density at radius 2 is 1.89 bits per heavy atom. The van der Waals surface area contributed by atoms with E-state index in [9.17, 15) is 0 Å². The third-order valence-electron chi connectivity index (χ3n) is 3.36. The van der Waals surface area contributed by atoms with Crippen molar-refractivity contribution < 1.29 is 4.74 Å². The van der Waals surface area contributed by atoms with Gasteiger partial charge in [0.15, 0.2) is 0 Å². The van der Waals surface area contributed by atoms with Gasteiger partial charge >= 0.3 is 0 Å². The molecule has 0 aliphatic heterocycles. The predicted molar refractivity (Wildman–Crippen MR) is 78.6 cm³/mol. The molecule has 0 aliphatic carbocycles. The Labute approximate surface area is 111 Å². The maximum absolute atomic E-state index is 5.37. The molecule has 0 fully saturated rings. The van der Waals surface area contributed by atoms with Crippen LogP contribution in [-0.4, -0.2) is 33.3 Å². The van der Waals surface area contributed by atoms with Gasteiger partial charge < -0.3 is 15.0 Å². The van der Waals surface area contributed by atoms with Gasteiger partial charge in [0, 0.05) is 26.2 Å². The van der Waals surface area contributed by atoms with Gasteiger partial charge in [0.05, 0.1) is 12.8 Å². The summed E-state index contributed by atoms with van der Waals surface area (Å²) in [5.74, 6) is 0.933. The third-order valence-corrected chi connectivity index (χ3v) is 3.36. The molecule has 3 nitrogen and oxygen atoms in total. The van der Waals surface area contributed by atoms with E-state index in [1.807, 2.05) is 18.2 Å². The number of nitrogens with zero attached hydrogens (tertiary/aromatic N) is 1. The smallest absolute Gasteiger partial charge is 0.142 e. The molecule has 0 aliphatic rings. The van der Waals surface area contributed by atoms with Crippen LogP contribution in [0.1, 0.15) is 26.7 Å². The second kappa shape index (κ2) is 7.98. The molecule has 0 unspecified atom stereocenters. The van der Waals surface area contributed by atoms with Crippen LogP contribution in [0.15, 0.2) is 24.3 Å². The lowest BCUT2D eigenvalue weighted by molar-refractivity contribution is 0.414. The first kappa shape index (κ1) is 14.8. The first-order valence-corrected chi connectivity index (χ1v) is 6.80. The number of ether oxygens (including phenoxy) is 1. The number of likely N-dealkylation sites (N-methyl/N-ethyl adjacent to an activating group) is 1. The van der Waals surface area contributed by atoms with Gasteiger partial charge in [0.2, 0.25) is 0 Å². The Morgan fingerprint density at radius 1 is 1.22 bits per heavy atom. The molecule has 0 heterocycles. The first-order chi connectivity index (χ1) is 8.72. The van der Waals surface area contributed by atoms with Crippen molar-refractivity contribution in [2.45, 2.75) is 32.7 Å². The van der Waals surface area contributed by atoms with Gasteiger partial charge in [-0.15, -0.1) is 0 Å². The lowest BCUT2D eigenvalue weighted by atomic mass is 10.2. The first-order valence-electron chi connectivity index (χ1n) is 6.80. The van der Waals surface area contributed by atoms with E-state index in [0.717, 1.165) is 24.5 Å². The Morgan fingerprint density at radius 3 is 2.50 bits per heavy atom. The van der Waals surface area contributed by atoms with E-state index >= 15 is 0 Å². The summed E-state index contributed by atoms with van der Waals surface area (Å²) in [7, 11) is 3.82. The molecule has 1 aromatic rings. The highest BCUT2D eigenvalue weighted by molar-refractivity contribution is 5.57. The molecule has 0 spiro atoms. The zero-order valence-electron chi connectivity index (χ0n) is 12.1. The average Bonchev–Trinajstić information content (AvgIpc) is 2.43. The highest BCUT2D eigenvalue weighted by Gasteiger charge is 2.07. The van der Waals surface area contributed by atoms with Crippen molar-refractivity contribution in [3.63, 3.8) is 0 Å². The number of para-hydroxylation sites is 2. The summed E-state index contributed by atoms with van der Waals surface area (Å²) in [6.07, 6.45) is 2.38. The fraction of sp³-hybridized carbons (Fsp3) is 0.600. The van der Waals surface area contributed by atoms with E-state index < -0.39 is 0 Å². The second-order valence-corrected chi connectivity index (χ2v) is 4.56. The van der Waals surface area contributed by atoms with Crippen LogP contribution in [0.3, 0.4) is 0 Å². The molecular weight excluding hydrogens is 224 g/mol. The summed E-state index contributed by atoms with van der Waals surface area (Å²) >= 11 is 0. The standard InChI is InChI=1S/C15H26N2O/c1-5-13(6-2)16-11-12-17(3)14-9-7-8-10-15(14)18-4/h7-10,13,16H,5-6,11-12H2,1-4H3. The number of anilines is 1. The number of rotatable bonds is 8. The summed E-state index contributed by atoms with van der Waals surface area (Å²) < 4.78 is 5.37. The van der Waals surface area contributed by atoms with Gasteiger partial charge in [-0.05, 0) is 25.0 Å². The van der Waals surface area contributed by atoms with Gasteiger partial charge in [0.25, 0.3) is 0 Å². The van der Waals surface area contributed by atoms with Crippen LogP contribution in [0.25, 0.3) is 0 Å². The van der Waals surface area contributed by atoms with Crippen molar-refractivity contribution in [1.29, 1.82) is 0 Å². The molecule has 1 rings (SSSR count). The number of hydrogen-bond donors (Lipinski definition) is 1. The normalized spacial score (nSPS) is 10.7. The summed E-state index contributed by atoms with van der Waals surface area (Å²) in [5, 5.41) is 3.57. The minimum absolute atomic E-state index is 0.635. The van der Waals surface area contributed by atoms with E-state index in [1.165, 1.54) is 12.8 Å².